The van der Waals surface area contributed by atoms with E-state index in [4.69, 9.17) is 11.6 Å². The lowest BCUT2D eigenvalue weighted by Gasteiger charge is -2.18. The second-order valence-corrected chi connectivity index (χ2v) is 4.42. The van der Waals surface area contributed by atoms with Gasteiger partial charge in [0, 0.05) is 17.5 Å². The minimum atomic E-state index is -4.15. The zero-order chi connectivity index (χ0) is 13.8. The molecule has 102 valence electrons. The van der Waals surface area contributed by atoms with Crippen LogP contribution in [0.15, 0.2) is 18.2 Å². The first kappa shape index (κ1) is 15.2. The first-order chi connectivity index (χ1) is 8.33. The van der Waals surface area contributed by atoms with Gasteiger partial charge in [-0.25, -0.2) is 4.39 Å². The third-order valence-electron chi connectivity index (χ3n) is 2.64. The molecule has 0 saturated heterocycles. The summed E-state index contributed by atoms with van der Waals surface area (Å²) in [6.07, 6.45) is -4.68. The van der Waals surface area contributed by atoms with Crippen LogP contribution in [-0.4, -0.2) is 13.2 Å². The number of benzene rings is 1. The van der Waals surface area contributed by atoms with Crippen LogP contribution in [0.2, 0.25) is 5.02 Å². The van der Waals surface area contributed by atoms with E-state index in [0.717, 1.165) is 6.07 Å². The molecule has 1 unspecified atom stereocenters. The van der Waals surface area contributed by atoms with Crippen molar-refractivity contribution in [2.24, 2.45) is 0 Å². The molecule has 0 radical (unpaired) electrons. The van der Waals surface area contributed by atoms with Gasteiger partial charge in [0.2, 0.25) is 0 Å². The van der Waals surface area contributed by atoms with Gasteiger partial charge in [0.25, 0.3) is 0 Å². The average Bonchev–Trinajstić information content (AvgIpc) is 2.24. The highest BCUT2D eigenvalue weighted by Gasteiger charge is 2.27. The Hall–Kier alpha value is -0.810. The van der Waals surface area contributed by atoms with Crippen molar-refractivity contribution in [1.82, 2.24) is 5.32 Å². The topological polar surface area (TPSA) is 12.0 Å². The molecule has 0 aliphatic carbocycles. The van der Waals surface area contributed by atoms with Gasteiger partial charge in [0.15, 0.2) is 0 Å². The van der Waals surface area contributed by atoms with Gasteiger partial charge < -0.3 is 5.32 Å². The molecule has 1 aromatic rings. The summed E-state index contributed by atoms with van der Waals surface area (Å²) in [6, 6.07) is 3.59. The zero-order valence-electron chi connectivity index (χ0n) is 9.82. The fraction of sp³-hybridized carbons (Fsp3) is 0.500. The first-order valence-corrected chi connectivity index (χ1v) is 5.90. The number of alkyl halides is 3. The monoisotopic (exact) mass is 283 g/mol. The van der Waals surface area contributed by atoms with E-state index in [0.29, 0.717) is 12.0 Å². The van der Waals surface area contributed by atoms with Crippen LogP contribution >= 0.6 is 11.6 Å². The Morgan fingerprint density at radius 2 is 2.00 bits per heavy atom. The molecule has 0 aromatic heterocycles. The van der Waals surface area contributed by atoms with Crippen molar-refractivity contribution in [3.8, 4) is 0 Å². The van der Waals surface area contributed by atoms with Crippen LogP contribution in [0.3, 0.4) is 0 Å². The summed E-state index contributed by atoms with van der Waals surface area (Å²) in [5, 5.41) is 3.11. The van der Waals surface area contributed by atoms with Gasteiger partial charge in [-0.05, 0) is 37.6 Å². The predicted molar refractivity (Wildman–Crippen MR) is 63.1 cm³/mol. The number of rotatable bonds is 5. The lowest BCUT2D eigenvalue weighted by atomic mass is 10.0. The molecule has 1 atom stereocenters. The minimum absolute atomic E-state index is 0.00269. The molecule has 0 heterocycles. The molecule has 1 aromatic carbocycles. The van der Waals surface area contributed by atoms with Crippen molar-refractivity contribution < 1.29 is 17.6 Å². The van der Waals surface area contributed by atoms with E-state index in [-0.39, 0.29) is 17.5 Å². The largest absolute Gasteiger partial charge is 0.389 e. The SMILES string of the molecule is CNC(CCCC(F)(F)F)c1ccc(F)cc1Cl. The number of nitrogens with one attached hydrogen (secondary N) is 1. The number of hydrogen-bond donors (Lipinski definition) is 1. The second-order valence-electron chi connectivity index (χ2n) is 4.01. The van der Waals surface area contributed by atoms with Crippen LogP contribution in [0.4, 0.5) is 17.6 Å². The first-order valence-electron chi connectivity index (χ1n) is 5.52. The Balaban J connectivity index is 2.66. The Labute approximate surface area is 108 Å². The lowest BCUT2D eigenvalue weighted by Crippen LogP contribution is -2.18. The normalized spacial score (nSPS) is 13.7. The minimum Gasteiger partial charge on any atom is -0.313 e. The third-order valence-corrected chi connectivity index (χ3v) is 2.97. The highest BCUT2D eigenvalue weighted by Crippen LogP contribution is 2.29. The van der Waals surface area contributed by atoms with Crippen molar-refractivity contribution in [3.05, 3.63) is 34.6 Å². The van der Waals surface area contributed by atoms with Crippen LogP contribution in [-0.2, 0) is 0 Å². The van der Waals surface area contributed by atoms with Gasteiger partial charge in [-0.1, -0.05) is 17.7 Å². The summed E-state index contributed by atoms with van der Waals surface area (Å²) in [7, 11) is 1.64. The Morgan fingerprint density at radius 3 is 2.50 bits per heavy atom. The Kier molecular flexibility index (Phi) is 5.41. The van der Waals surface area contributed by atoms with E-state index < -0.39 is 18.4 Å². The maximum absolute atomic E-state index is 12.9. The zero-order valence-corrected chi connectivity index (χ0v) is 10.6. The predicted octanol–water partition coefficient (Wildman–Crippen LogP) is 4.47. The van der Waals surface area contributed by atoms with Crippen LogP contribution in [0, 0.1) is 5.82 Å². The van der Waals surface area contributed by atoms with Gasteiger partial charge in [0.1, 0.15) is 5.82 Å². The van der Waals surface area contributed by atoms with Gasteiger partial charge >= 0.3 is 6.18 Å². The van der Waals surface area contributed by atoms with E-state index in [1.807, 2.05) is 0 Å². The molecule has 0 spiro atoms. The standard InChI is InChI=1S/C12H14ClF4N/c1-18-11(3-2-6-12(15,16)17)9-5-4-8(14)7-10(9)13/h4-5,7,11,18H,2-3,6H2,1H3. The highest BCUT2D eigenvalue weighted by atomic mass is 35.5. The molecular weight excluding hydrogens is 270 g/mol. The molecule has 1 nitrogen and oxygen atoms in total. The fourth-order valence-corrected chi connectivity index (χ4v) is 2.05. The quantitative estimate of drug-likeness (QED) is 0.786. The second kappa shape index (κ2) is 6.38. The molecular formula is C12H14ClF4N. The van der Waals surface area contributed by atoms with Crippen molar-refractivity contribution >= 4 is 11.6 Å². The fourth-order valence-electron chi connectivity index (χ4n) is 1.75. The van der Waals surface area contributed by atoms with Crippen molar-refractivity contribution in [3.63, 3.8) is 0 Å². The Morgan fingerprint density at radius 1 is 1.33 bits per heavy atom. The van der Waals surface area contributed by atoms with Gasteiger partial charge in [-0.15, -0.1) is 0 Å². The molecule has 0 amide bonds. The molecule has 0 bridgehead atoms. The van der Waals surface area contributed by atoms with Crippen LogP contribution in [0.5, 0.6) is 0 Å². The number of hydrogen-bond acceptors (Lipinski definition) is 1. The summed E-state index contributed by atoms with van der Waals surface area (Å²) in [6.45, 7) is 0. The molecule has 0 aliphatic rings. The van der Waals surface area contributed by atoms with Gasteiger partial charge in [-0.3, -0.25) is 0 Å². The number of halogens is 5. The Bertz CT molecular complexity index is 392. The average molecular weight is 284 g/mol. The molecule has 6 heteroatoms. The van der Waals surface area contributed by atoms with E-state index in [9.17, 15) is 17.6 Å². The van der Waals surface area contributed by atoms with Gasteiger partial charge in [0.05, 0.1) is 0 Å². The summed E-state index contributed by atoms with van der Waals surface area (Å²) in [5.74, 6) is -0.464. The van der Waals surface area contributed by atoms with E-state index >= 15 is 0 Å². The molecule has 1 N–H and O–H groups in total. The van der Waals surface area contributed by atoms with Crippen LogP contribution in [0.1, 0.15) is 30.9 Å². The van der Waals surface area contributed by atoms with Crippen LogP contribution < -0.4 is 5.32 Å². The maximum atomic E-state index is 12.9. The van der Waals surface area contributed by atoms with E-state index in [1.54, 1.807) is 7.05 Å². The van der Waals surface area contributed by atoms with E-state index in [1.165, 1.54) is 12.1 Å². The summed E-state index contributed by atoms with van der Waals surface area (Å²) in [5.41, 5.74) is 0.614. The molecule has 18 heavy (non-hydrogen) atoms. The smallest absolute Gasteiger partial charge is 0.313 e. The van der Waals surface area contributed by atoms with E-state index in [2.05, 4.69) is 5.32 Å². The molecule has 0 saturated carbocycles. The van der Waals surface area contributed by atoms with Crippen molar-refractivity contribution in [2.45, 2.75) is 31.5 Å². The highest BCUT2D eigenvalue weighted by molar-refractivity contribution is 6.31. The van der Waals surface area contributed by atoms with Crippen molar-refractivity contribution in [2.75, 3.05) is 7.05 Å². The maximum Gasteiger partial charge on any atom is 0.389 e. The molecule has 1 rings (SSSR count). The summed E-state index contributed by atoms with van der Waals surface area (Å²) in [4.78, 5) is 0. The third kappa shape index (κ3) is 4.82. The van der Waals surface area contributed by atoms with Crippen molar-refractivity contribution in [1.29, 1.82) is 0 Å². The summed E-state index contributed by atoms with van der Waals surface area (Å²) >= 11 is 5.87. The van der Waals surface area contributed by atoms with Crippen LogP contribution in [0.25, 0.3) is 0 Å². The van der Waals surface area contributed by atoms with Gasteiger partial charge in [-0.2, -0.15) is 13.2 Å². The molecule has 0 fully saturated rings. The molecule has 0 aliphatic heterocycles. The summed E-state index contributed by atoms with van der Waals surface area (Å²) < 4.78 is 49.0. The lowest BCUT2D eigenvalue weighted by molar-refractivity contribution is -0.135.